The van der Waals surface area contributed by atoms with Gasteiger partial charge in [-0.25, -0.2) is 9.78 Å². The van der Waals surface area contributed by atoms with Crippen molar-refractivity contribution in [2.75, 3.05) is 25.1 Å². The van der Waals surface area contributed by atoms with E-state index in [-0.39, 0.29) is 13.0 Å². The van der Waals surface area contributed by atoms with Crippen LogP contribution in [-0.2, 0) is 29.4 Å². The van der Waals surface area contributed by atoms with Crippen LogP contribution in [0.25, 0.3) is 11.1 Å². The van der Waals surface area contributed by atoms with Crippen LogP contribution < -0.4 is 10.6 Å². The number of nitrogens with one attached hydrogen (secondary N) is 2. The van der Waals surface area contributed by atoms with Gasteiger partial charge in [0.25, 0.3) is 5.91 Å². The fourth-order valence-corrected chi connectivity index (χ4v) is 4.23. The van der Waals surface area contributed by atoms with E-state index >= 15 is 0 Å². The van der Waals surface area contributed by atoms with E-state index in [1.165, 1.54) is 5.56 Å². The molecule has 0 bridgehead atoms. The second-order valence-corrected chi connectivity index (χ2v) is 9.05. The van der Waals surface area contributed by atoms with Gasteiger partial charge < -0.3 is 20.5 Å². The number of carboxylic acid groups (broad SMARTS) is 1. The summed E-state index contributed by atoms with van der Waals surface area (Å²) >= 11 is 0. The first kappa shape index (κ1) is 25.4. The third-order valence-electron chi connectivity index (χ3n) is 6.24. The van der Waals surface area contributed by atoms with Gasteiger partial charge in [-0.05, 0) is 61.4 Å². The Bertz CT molecular complexity index is 1190. The molecule has 4 rings (SSSR count). The van der Waals surface area contributed by atoms with E-state index in [0.29, 0.717) is 12.2 Å². The molecule has 0 saturated heterocycles. The molecular weight excluding hydrogens is 458 g/mol. The number of nitrogens with zero attached hydrogens (tertiary/aromatic N) is 3. The number of ether oxygens (including phenoxy) is 1. The van der Waals surface area contributed by atoms with Gasteiger partial charge in [0.15, 0.2) is 0 Å². The van der Waals surface area contributed by atoms with Crippen molar-refractivity contribution in [2.24, 2.45) is 7.05 Å². The summed E-state index contributed by atoms with van der Waals surface area (Å²) in [5.41, 5.74) is 4.48. The van der Waals surface area contributed by atoms with E-state index in [1.54, 1.807) is 29.1 Å². The lowest BCUT2D eigenvalue weighted by Crippen LogP contribution is -2.41. The number of carboxylic acids is 1. The molecule has 1 aromatic carbocycles. The van der Waals surface area contributed by atoms with E-state index in [1.807, 2.05) is 19.3 Å². The largest absolute Gasteiger partial charge is 0.480 e. The normalized spacial score (nSPS) is 13.5. The zero-order chi connectivity index (χ0) is 25.3. The lowest BCUT2D eigenvalue weighted by molar-refractivity contribution is -0.139. The monoisotopic (exact) mass is 491 g/mol. The van der Waals surface area contributed by atoms with E-state index in [2.05, 4.69) is 27.9 Å². The number of aliphatic carboxylic acids is 1. The van der Waals surface area contributed by atoms with Crippen molar-refractivity contribution in [1.29, 1.82) is 0 Å². The summed E-state index contributed by atoms with van der Waals surface area (Å²) in [6.45, 7) is 1.78. The van der Waals surface area contributed by atoms with Crippen LogP contribution in [0.2, 0.25) is 0 Å². The van der Waals surface area contributed by atoms with Crippen LogP contribution in [0.5, 0.6) is 0 Å². The fourth-order valence-electron chi connectivity index (χ4n) is 4.23. The van der Waals surface area contributed by atoms with E-state index in [0.717, 1.165) is 61.3 Å². The lowest BCUT2D eigenvalue weighted by atomic mass is 10.1. The highest BCUT2D eigenvalue weighted by atomic mass is 16.5. The molecule has 1 aliphatic heterocycles. The van der Waals surface area contributed by atoms with Crippen LogP contribution in [0, 0.1) is 0 Å². The minimum absolute atomic E-state index is 0.196. The molecule has 1 amide bonds. The molecule has 36 heavy (non-hydrogen) atoms. The van der Waals surface area contributed by atoms with Crippen molar-refractivity contribution in [3.63, 3.8) is 0 Å². The van der Waals surface area contributed by atoms with Crippen LogP contribution in [0.4, 0.5) is 5.82 Å². The maximum Gasteiger partial charge on any atom is 0.326 e. The molecule has 0 saturated carbocycles. The second kappa shape index (κ2) is 12.3. The summed E-state index contributed by atoms with van der Waals surface area (Å²) < 4.78 is 7.34. The van der Waals surface area contributed by atoms with Crippen LogP contribution in [0.1, 0.15) is 47.3 Å². The van der Waals surface area contributed by atoms with E-state index in [9.17, 15) is 14.7 Å². The number of carbonyl (C=O) groups is 2. The number of hydrogen-bond donors (Lipinski definition) is 3. The van der Waals surface area contributed by atoms with Crippen LogP contribution in [-0.4, -0.2) is 57.5 Å². The second-order valence-electron chi connectivity index (χ2n) is 9.05. The number of fused-ring (bicyclic) bond motifs is 1. The summed E-state index contributed by atoms with van der Waals surface area (Å²) in [5.74, 6) is -0.497. The maximum atomic E-state index is 12.7. The molecule has 0 spiro atoms. The molecule has 1 aliphatic rings. The Labute approximate surface area is 210 Å². The van der Waals surface area contributed by atoms with E-state index < -0.39 is 17.9 Å². The number of unbranched alkanes of at least 4 members (excludes halogenated alkanes) is 1. The summed E-state index contributed by atoms with van der Waals surface area (Å²) in [6, 6.07) is 10.3. The number of carbonyl (C=O) groups excluding carboxylic acids is 1. The minimum Gasteiger partial charge on any atom is -0.480 e. The van der Waals surface area contributed by atoms with Crippen LogP contribution in [0.15, 0.2) is 48.8 Å². The summed E-state index contributed by atoms with van der Waals surface area (Å²) in [7, 11) is 1.82. The highest BCUT2D eigenvalue weighted by molar-refractivity contribution is 5.97. The van der Waals surface area contributed by atoms with Gasteiger partial charge in [-0.2, -0.15) is 5.10 Å². The SMILES string of the molecule is Cn1cc(-c2cccc(C(=O)N[C@@H](CCOCCCCc3ccc4c(n3)NCCC4)C(=O)O)c2)cn1. The Balaban J connectivity index is 1.18. The highest BCUT2D eigenvalue weighted by Crippen LogP contribution is 2.21. The minimum atomic E-state index is -1.08. The van der Waals surface area contributed by atoms with Gasteiger partial charge in [-0.1, -0.05) is 18.2 Å². The third kappa shape index (κ3) is 6.91. The number of aromatic nitrogens is 3. The number of benzene rings is 1. The lowest BCUT2D eigenvalue weighted by Gasteiger charge is -2.17. The summed E-state index contributed by atoms with van der Waals surface area (Å²) in [5, 5.41) is 19.7. The number of rotatable bonds is 12. The van der Waals surface area contributed by atoms with Crippen molar-refractivity contribution in [3.05, 3.63) is 65.6 Å². The maximum absolute atomic E-state index is 12.7. The third-order valence-corrected chi connectivity index (χ3v) is 6.24. The molecule has 1 atom stereocenters. The molecular formula is C27H33N5O4. The van der Waals surface area contributed by atoms with Crippen LogP contribution >= 0.6 is 0 Å². The number of pyridine rings is 1. The molecule has 0 radical (unpaired) electrons. The smallest absolute Gasteiger partial charge is 0.326 e. The van der Waals surface area contributed by atoms with Gasteiger partial charge in [0, 0.05) is 56.2 Å². The van der Waals surface area contributed by atoms with Gasteiger partial charge in [0.2, 0.25) is 0 Å². The number of amides is 1. The van der Waals surface area contributed by atoms with Gasteiger partial charge >= 0.3 is 5.97 Å². The Morgan fingerprint density at radius 3 is 2.89 bits per heavy atom. The Kier molecular flexibility index (Phi) is 8.67. The van der Waals surface area contributed by atoms with E-state index in [4.69, 9.17) is 9.72 Å². The fraction of sp³-hybridized carbons (Fsp3) is 0.407. The molecule has 9 nitrogen and oxygen atoms in total. The first-order valence-electron chi connectivity index (χ1n) is 12.4. The standard InChI is InChI=1S/C27H33N5O4/c1-32-18-22(17-29-32)20-6-4-7-21(16-20)26(33)31-24(27(34)35)12-15-36-14-3-2-9-23-11-10-19-8-5-13-28-25(19)30-23/h4,6-7,10-11,16-18,24H,2-3,5,8-9,12-15H2,1H3,(H,28,30)(H,31,33)(H,34,35)/t24-/m0/s1. The number of anilines is 1. The first-order valence-corrected chi connectivity index (χ1v) is 12.4. The Morgan fingerprint density at radius 2 is 2.08 bits per heavy atom. The molecule has 0 fully saturated rings. The molecule has 190 valence electrons. The van der Waals surface area contributed by atoms with Crippen molar-refractivity contribution in [1.82, 2.24) is 20.1 Å². The molecule has 0 aliphatic carbocycles. The molecule has 3 heterocycles. The zero-order valence-electron chi connectivity index (χ0n) is 20.6. The first-order chi connectivity index (χ1) is 17.5. The Morgan fingerprint density at radius 1 is 1.19 bits per heavy atom. The molecule has 3 N–H and O–H groups in total. The predicted octanol–water partition coefficient (Wildman–Crippen LogP) is 3.45. The number of hydrogen-bond acceptors (Lipinski definition) is 6. The molecule has 0 unspecified atom stereocenters. The van der Waals surface area contributed by atoms with Crippen molar-refractivity contribution >= 4 is 17.7 Å². The zero-order valence-corrected chi connectivity index (χ0v) is 20.6. The molecule has 9 heteroatoms. The van der Waals surface area contributed by atoms with Crippen LogP contribution in [0.3, 0.4) is 0 Å². The summed E-state index contributed by atoms with van der Waals surface area (Å²) in [6.07, 6.45) is 8.68. The quantitative estimate of drug-likeness (QED) is 0.332. The van der Waals surface area contributed by atoms with Gasteiger partial charge in [-0.15, -0.1) is 0 Å². The molecule has 3 aromatic rings. The van der Waals surface area contributed by atoms with Gasteiger partial charge in [0.1, 0.15) is 11.9 Å². The van der Waals surface area contributed by atoms with Gasteiger partial charge in [-0.3, -0.25) is 9.48 Å². The van der Waals surface area contributed by atoms with Crippen molar-refractivity contribution in [2.45, 2.75) is 44.6 Å². The summed E-state index contributed by atoms with van der Waals surface area (Å²) in [4.78, 5) is 29.1. The predicted molar refractivity (Wildman–Crippen MR) is 137 cm³/mol. The highest BCUT2D eigenvalue weighted by Gasteiger charge is 2.21. The van der Waals surface area contributed by atoms with Crippen molar-refractivity contribution < 1.29 is 19.4 Å². The van der Waals surface area contributed by atoms with Gasteiger partial charge in [0.05, 0.1) is 6.20 Å². The average Bonchev–Trinajstić information content (AvgIpc) is 3.33. The van der Waals surface area contributed by atoms with Crippen molar-refractivity contribution in [3.8, 4) is 11.1 Å². The number of aryl methyl sites for hydroxylation is 3. The molecule has 2 aromatic heterocycles. The topological polar surface area (TPSA) is 118 Å². The average molecular weight is 492 g/mol. The Hall–Kier alpha value is -3.72.